The molecular weight excluding hydrogens is 200 g/mol. The van der Waals surface area contributed by atoms with Gasteiger partial charge in [-0.2, -0.15) is 0 Å². The fraction of sp³-hybridized carbons (Fsp3) is 0.500. The van der Waals surface area contributed by atoms with Gasteiger partial charge in [-0.15, -0.1) is 0 Å². The Bertz CT molecular complexity index is 281. The van der Waals surface area contributed by atoms with E-state index in [4.69, 9.17) is 16.3 Å². The topological polar surface area (TPSA) is 34.1 Å². The molecule has 78 valence electrons. The van der Waals surface area contributed by atoms with Crippen molar-refractivity contribution in [3.63, 3.8) is 0 Å². The van der Waals surface area contributed by atoms with E-state index in [0.717, 1.165) is 18.7 Å². The third-order valence-corrected chi connectivity index (χ3v) is 2.25. The molecule has 0 spiro atoms. The molecule has 1 N–H and O–H groups in total. The molecule has 1 atom stereocenters. The van der Waals surface area contributed by atoms with Crippen LogP contribution in [-0.2, 0) is 4.74 Å². The molecule has 4 heteroatoms. The lowest BCUT2D eigenvalue weighted by Crippen LogP contribution is -2.17. The lowest BCUT2D eigenvalue weighted by atomic mass is 10.2. The van der Waals surface area contributed by atoms with Crippen LogP contribution in [0.15, 0.2) is 18.5 Å². The van der Waals surface area contributed by atoms with E-state index >= 15 is 0 Å². The Morgan fingerprint density at radius 2 is 2.43 bits per heavy atom. The number of anilines is 1. The summed E-state index contributed by atoms with van der Waals surface area (Å²) in [5.74, 6) is 0. The molecule has 0 aliphatic carbocycles. The number of nitrogens with zero attached hydrogens (tertiary/aromatic N) is 1. The minimum absolute atomic E-state index is 0.330. The van der Waals surface area contributed by atoms with Crippen molar-refractivity contribution >= 4 is 17.3 Å². The Morgan fingerprint density at radius 3 is 3.07 bits per heavy atom. The van der Waals surface area contributed by atoms with Crippen LogP contribution < -0.4 is 5.32 Å². The van der Waals surface area contributed by atoms with Crippen LogP contribution in [0, 0.1) is 0 Å². The summed E-state index contributed by atoms with van der Waals surface area (Å²) in [6.07, 6.45) is 4.35. The van der Waals surface area contributed by atoms with Gasteiger partial charge in [0.05, 0.1) is 16.9 Å². The third-order valence-electron chi connectivity index (χ3n) is 1.92. The molecule has 0 aromatic carbocycles. The molecule has 1 aromatic heterocycles. The number of aromatic nitrogens is 1. The van der Waals surface area contributed by atoms with Crippen molar-refractivity contribution in [2.24, 2.45) is 0 Å². The fourth-order valence-electron chi connectivity index (χ4n) is 1.12. The predicted molar refractivity (Wildman–Crippen MR) is 58.8 cm³/mol. The van der Waals surface area contributed by atoms with Gasteiger partial charge in [0.15, 0.2) is 0 Å². The number of halogens is 1. The average molecular weight is 215 g/mol. The van der Waals surface area contributed by atoms with Crippen LogP contribution in [0.1, 0.15) is 13.3 Å². The first-order valence-electron chi connectivity index (χ1n) is 4.59. The van der Waals surface area contributed by atoms with Crippen molar-refractivity contribution in [3.05, 3.63) is 23.5 Å². The number of nitrogens with one attached hydrogen (secondary N) is 1. The molecule has 1 rings (SSSR count). The first kappa shape index (κ1) is 11.3. The lowest BCUT2D eigenvalue weighted by molar-refractivity contribution is 0.191. The van der Waals surface area contributed by atoms with E-state index in [0.29, 0.717) is 11.1 Å². The molecule has 0 radical (unpaired) electrons. The second-order valence-corrected chi connectivity index (χ2v) is 3.59. The Balaban J connectivity index is 2.47. The number of ether oxygens (including phenoxy) is 1. The molecule has 14 heavy (non-hydrogen) atoms. The molecule has 0 aliphatic rings. The monoisotopic (exact) mass is 214 g/mol. The quantitative estimate of drug-likeness (QED) is 0.818. The highest BCUT2D eigenvalue weighted by molar-refractivity contribution is 6.33. The number of hydrogen-bond donors (Lipinski definition) is 1. The Hall–Kier alpha value is -0.800. The Labute approximate surface area is 89.4 Å². The minimum Gasteiger partial charge on any atom is -0.385 e. The number of rotatable bonds is 5. The van der Waals surface area contributed by atoms with Crippen LogP contribution in [0.4, 0.5) is 5.69 Å². The highest BCUT2D eigenvalue weighted by Gasteiger charge is 2.04. The highest BCUT2D eigenvalue weighted by Crippen LogP contribution is 2.20. The van der Waals surface area contributed by atoms with Gasteiger partial charge in [0, 0.05) is 26.0 Å². The zero-order valence-electron chi connectivity index (χ0n) is 8.46. The first-order chi connectivity index (χ1) is 6.74. The molecule has 0 saturated heterocycles. The largest absolute Gasteiger partial charge is 0.385 e. The average Bonchev–Trinajstić information content (AvgIpc) is 2.18. The molecule has 0 fully saturated rings. The minimum atomic E-state index is 0.330. The molecule has 0 bridgehead atoms. The summed E-state index contributed by atoms with van der Waals surface area (Å²) in [5.41, 5.74) is 0.873. The van der Waals surface area contributed by atoms with Crippen LogP contribution >= 0.6 is 11.6 Å². The lowest BCUT2D eigenvalue weighted by Gasteiger charge is -2.15. The highest BCUT2D eigenvalue weighted by atomic mass is 35.5. The maximum Gasteiger partial charge on any atom is 0.0718 e. The zero-order valence-corrected chi connectivity index (χ0v) is 9.21. The number of methoxy groups -OCH3 is 1. The van der Waals surface area contributed by atoms with E-state index in [1.54, 1.807) is 25.6 Å². The second-order valence-electron chi connectivity index (χ2n) is 3.18. The van der Waals surface area contributed by atoms with Crippen molar-refractivity contribution in [1.82, 2.24) is 4.98 Å². The first-order valence-corrected chi connectivity index (χ1v) is 4.97. The maximum atomic E-state index is 5.97. The van der Waals surface area contributed by atoms with Gasteiger partial charge in [-0.3, -0.25) is 4.98 Å². The van der Waals surface area contributed by atoms with Crippen molar-refractivity contribution in [2.45, 2.75) is 19.4 Å². The molecule has 0 amide bonds. The molecule has 0 saturated carbocycles. The van der Waals surface area contributed by atoms with E-state index in [1.165, 1.54) is 0 Å². The molecule has 1 heterocycles. The number of pyridine rings is 1. The standard InChI is InChI=1S/C10H15ClN2O/c1-8(4-6-14-2)13-10-7-12-5-3-9(10)11/h3,5,7-8,13H,4,6H2,1-2H3. The van der Waals surface area contributed by atoms with E-state index < -0.39 is 0 Å². The third kappa shape index (κ3) is 3.52. The van der Waals surface area contributed by atoms with Gasteiger partial charge in [-0.25, -0.2) is 0 Å². The molecule has 1 aromatic rings. The van der Waals surface area contributed by atoms with Crippen molar-refractivity contribution in [1.29, 1.82) is 0 Å². The normalized spacial score (nSPS) is 12.5. The van der Waals surface area contributed by atoms with E-state index in [2.05, 4.69) is 17.2 Å². The van der Waals surface area contributed by atoms with Gasteiger partial charge in [-0.1, -0.05) is 11.6 Å². The summed E-state index contributed by atoms with van der Waals surface area (Å²) in [6.45, 7) is 2.83. The van der Waals surface area contributed by atoms with Crippen LogP contribution in [0.2, 0.25) is 5.02 Å². The predicted octanol–water partition coefficient (Wildman–Crippen LogP) is 2.57. The maximum absolute atomic E-state index is 5.97. The van der Waals surface area contributed by atoms with Gasteiger partial charge < -0.3 is 10.1 Å². The van der Waals surface area contributed by atoms with Crippen molar-refractivity contribution in [3.8, 4) is 0 Å². The van der Waals surface area contributed by atoms with Gasteiger partial charge >= 0.3 is 0 Å². The van der Waals surface area contributed by atoms with Gasteiger partial charge in [0.2, 0.25) is 0 Å². The van der Waals surface area contributed by atoms with Gasteiger partial charge in [-0.05, 0) is 19.4 Å². The fourth-order valence-corrected chi connectivity index (χ4v) is 1.28. The molecular formula is C10H15ClN2O. The van der Waals surface area contributed by atoms with E-state index in [-0.39, 0.29) is 0 Å². The smallest absolute Gasteiger partial charge is 0.0718 e. The summed E-state index contributed by atoms with van der Waals surface area (Å²) in [6, 6.07) is 2.10. The van der Waals surface area contributed by atoms with Crippen LogP contribution in [0.25, 0.3) is 0 Å². The van der Waals surface area contributed by atoms with Crippen molar-refractivity contribution in [2.75, 3.05) is 19.0 Å². The molecule has 1 unspecified atom stereocenters. The second kappa shape index (κ2) is 5.83. The SMILES string of the molecule is COCCC(C)Nc1cnccc1Cl. The van der Waals surface area contributed by atoms with E-state index in [9.17, 15) is 0 Å². The summed E-state index contributed by atoms with van der Waals surface area (Å²) in [4.78, 5) is 4.00. The van der Waals surface area contributed by atoms with Crippen LogP contribution in [0.5, 0.6) is 0 Å². The molecule has 3 nitrogen and oxygen atoms in total. The summed E-state index contributed by atoms with van der Waals surface area (Å²) >= 11 is 5.97. The summed E-state index contributed by atoms with van der Waals surface area (Å²) < 4.78 is 4.99. The van der Waals surface area contributed by atoms with E-state index in [1.807, 2.05) is 0 Å². The zero-order chi connectivity index (χ0) is 10.4. The van der Waals surface area contributed by atoms with Crippen LogP contribution in [0.3, 0.4) is 0 Å². The Morgan fingerprint density at radius 1 is 1.64 bits per heavy atom. The number of hydrogen-bond acceptors (Lipinski definition) is 3. The Kier molecular flexibility index (Phi) is 4.70. The molecule has 0 aliphatic heterocycles. The van der Waals surface area contributed by atoms with Crippen molar-refractivity contribution < 1.29 is 4.74 Å². The van der Waals surface area contributed by atoms with Gasteiger partial charge in [0.1, 0.15) is 0 Å². The summed E-state index contributed by atoms with van der Waals surface area (Å²) in [7, 11) is 1.70. The van der Waals surface area contributed by atoms with Gasteiger partial charge in [0.25, 0.3) is 0 Å². The van der Waals surface area contributed by atoms with Crippen LogP contribution in [-0.4, -0.2) is 24.7 Å². The summed E-state index contributed by atoms with van der Waals surface area (Å²) in [5, 5.41) is 3.97.